The van der Waals surface area contributed by atoms with E-state index in [0.717, 1.165) is 36.8 Å². The summed E-state index contributed by atoms with van der Waals surface area (Å²) in [6.07, 6.45) is 1.11. The van der Waals surface area contributed by atoms with Crippen molar-refractivity contribution < 1.29 is 0 Å². The highest BCUT2D eigenvalue weighted by atomic mass is 32.2. The predicted molar refractivity (Wildman–Crippen MR) is 81.7 cm³/mol. The minimum Gasteiger partial charge on any atom is -0.315 e. The molecule has 0 amide bonds. The number of nitriles is 1. The highest BCUT2D eigenvalue weighted by Crippen LogP contribution is 2.21. The van der Waals surface area contributed by atoms with Gasteiger partial charge in [-0.25, -0.2) is 4.68 Å². The van der Waals surface area contributed by atoms with Crippen molar-refractivity contribution in [2.45, 2.75) is 30.8 Å². The molecule has 0 radical (unpaired) electrons. The lowest BCUT2D eigenvalue weighted by atomic mass is 10.1. The number of aromatic nitrogens is 4. The van der Waals surface area contributed by atoms with Crippen LogP contribution in [0.3, 0.4) is 0 Å². The number of benzene rings is 1. The Morgan fingerprint density at radius 2 is 2.19 bits per heavy atom. The van der Waals surface area contributed by atoms with Gasteiger partial charge < -0.3 is 5.32 Å². The molecule has 1 aromatic carbocycles. The Bertz CT molecular complexity index is 604. The van der Waals surface area contributed by atoms with E-state index >= 15 is 0 Å². The van der Waals surface area contributed by atoms with E-state index in [1.807, 2.05) is 24.3 Å². The third-order valence-corrected chi connectivity index (χ3v) is 3.93. The topological polar surface area (TPSA) is 79.4 Å². The van der Waals surface area contributed by atoms with Crippen LogP contribution in [0.1, 0.15) is 24.5 Å². The van der Waals surface area contributed by atoms with Crippen LogP contribution in [0.2, 0.25) is 0 Å². The van der Waals surface area contributed by atoms with E-state index < -0.39 is 0 Å². The first-order valence-corrected chi connectivity index (χ1v) is 7.91. The summed E-state index contributed by atoms with van der Waals surface area (Å²) < 4.78 is 1.79. The summed E-state index contributed by atoms with van der Waals surface area (Å²) in [6, 6.07) is 9.80. The summed E-state index contributed by atoms with van der Waals surface area (Å²) in [6.45, 7) is 4.73. The van der Waals surface area contributed by atoms with E-state index in [9.17, 15) is 0 Å². The minimum absolute atomic E-state index is 0.687. The molecule has 7 heteroatoms. The average Bonchev–Trinajstić information content (AvgIpc) is 2.97. The van der Waals surface area contributed by atoms with Gasteiger partial charge in [0, 0.05) is 12.3 Å². The first-order valence-electron chi connectivity index (χ1n) is 6.92. The van der Waals surface area contributed by atoms with E-state index in [4.69, 9.17) is 5.26 Å². The number of rotatable bonds is 8. The summed E-state index contributed by atoms with van der Waals surface area (Å²) in [5.74, 6) is 0.687. The molecule has 6 nitrogen and oxygen atoms in total. The van der Waals surface area contributed by atoms with E-state index in [1.165, 1.54) is 0 Å². The minimum atomic E-state index is 0.687. The van der Waals surface area contributed by atoms with Crippen molar-refractivity contribution in [3.63, 3.8) is 0 Å². The standard InChI is InChI=1S/C14H18N6S/c1-2-7-16-8-9-20-14(17-18-19-20)21-11-13-6-4-3-5-12(13)10-15/h3-6,16H,2,7-9,11H2,1H3. The zero-order valence-electron chi connectivity index (χ0n) is 12.0. The maximum Gasteiger partial charge on any atom is 0.209 e. The molecule has 1 aromatic heterocycles. The number of nitrogens with zero attached hydrogens (tertiary/aromatic N) is 5. The normalized spacial score (nSPS) is 10.5. The lowest BCUT2D eigenvalue weighted by Crippen LogP contribution is -2.21. The molecule has 1 heterocycles. The summed E-state index contributed by atoms with van der Waals surface area (Å²) in [4.78, 5) is 0. The summed E-state index contributed by atoms with van der Waals surface area (Å²) >= 11 is 1.55. The van der Waals surface area contributed by atoms with Crippen LogP contribution in [-0.2, 0) is 12.3 Å². The monoisotopic (exact) mass is 302 g/mol. The van der Waals surface area contributed by atoms with Crippen LogP contribution in [0.4, 0.5) is 0 Å². The number of nitrogens with one attached hydrogen (secondary N) is 1. The summed E-state index contributed by atoms with van der Waals surface area (Å²) in [7, 11) is 0. The largest absolute Gasteiger partial charge is 0.315 e. The van der Waals surface area contributed by atoms with Gasteiger partial charge >= 0.3 is 0 Å². The third-order valence-electron chi connectivity index (χ3n) is 2.92. The third kappa shape index (κ3) is 4.55. The Labute approximate surface area is 128 Å². The van der Waals surface area contributed by atoms with Crippen LogP contribution in [0.15, 0.2) is 29.4 Å². The van der Waals surface area contributed by atoms with Gasteiger partial charge in [-0.2, -0.15) is 5.26 Å². The second kappa shape index (κ2) is 8.39. The highest BCUT2D eigenvalue weighted by molar-refractivity contribution is 7.98. The van der Waals surface area contributed by atoms with Crippen LogP contribution in [0.25, 0.3) is 0 Å². The van der Waals surface area contributed by atoms with Gasteiger partial charge in [0.15, 0.2) is 0 Å². The number of tetrazole rings is 1. The SMILES string of the molecule is CCCNCCn1nnnc1SCc1ccccc1C#N. The number of thioether (sulfide) groups is 1. The van der Waals surface area contributed by atoms with Gasteiger partial charge in [0.25, 0.3) is 0 Å². The Hall–Kier alpha value is -1.91. The molecule has 0 aliphatic carbocycles. The fraction of sp³-hybridized carbons (Fsp3) is 0.429. The molecule has 2 aromatic rings. The van der Waals surface area contributed by atoms with E-state index in [-0.39, 0.29) is 0 Å². The first-order chi connectivity index (χ1) is 10.3. The fourth-order valence-electron chi connectivity index (χ4n) is 1.82. The van der Waals surface area contributed by atoms with Crippen LogP contribution < -0.4 is 5.32 Å². The van der Waals surface area contributed by atoms with Gasteiger partial charge in [0.1, 0.15) is 0 Å². The molecule has 0 bridgehead atoms. The summed E-state index contributed by atoms with van der Waals surface area (Å²) in [5, 5.41) is 24.9. The molecule has 21 heavy (non-hydrogen) atoms. The molecule has 1 N–H and O–H groups in total. The predicted octanol–water partition coefficient (Wildman–Crippen LogP) is 1.84. The number of hydrogen-bond acceptors (Lipinski definition) is 6. The van der Waals surface area contributed by atoms with E-state index in [1.54, 1.807) is 16.4 Å². The average molecular weight is 302 g/mol. The lowest BCUT2D eigenvalue weighted by Gasteiger charge is -2.06. The summed E-state index contributed by atoms with van der Waals surface area (Å²) in [5.41, 5.74) is 1.71. The maximum absolute atomic E-state index is 9.08. The van der Waals surface area contributed by atoms with E-state index in [2.05, 4.69) is 33.8 Å². The lowest BCUT2D eigenvalue weighted by molar-refractivity contribution is 0.510. The van der Waals surface area contributed by atoms with Crippen molar-refractivity contribution >= 4 is 11.8 Å². The zero-order valence-corrected chi connectivity index (χ0v) is 12.8. The van der Waals surface area contributed by atoms with Crippen molar-refractivity contribution in [2.75, 3.05) is 13.1 Å². The van der Waals surface area contributed by atoms with Crippen molar-refractivity contribution in [3.8, 4) is 6.07 Å². The highest BCUT2D eigenvalue weighted by Gasteiger charge is 2.08. The van der Waals surface area contributed by atoms with Gasteiger partial charge in [-0.05, 0) is 35.0 Å². The van der Waals surface area contributed by atoms with E-state index in [0.29, 0.717) is 11.3 Å². The molecule has 0 aliphatic heterocycles. The molecule has 2 rings (SSSR count). The Balaban J connectivity index is 1.92. The Kier molecular flexibility index (Phi) is 6.19. The Morgan fingerprint density at radius 1 is 1.33 bits per heavy atom. The fourth-order valence-corrected chi connectivity index (χ4v) is 2.73. The molecule has 0 aliphatic rings. The van der Waals surface area contributed by atoms with Crippen molar-refractivity contribution in [1.82, 2.24) is 25.5 Å². The zero-order chi connectivity index (χ0) is 14.9. The van der Waals surface area contributed by atoms with Crippen molar-refractivity contribution in [3.05, 3.63) is 35.4 Å². The molecule has 110 valence electrons. The van der Waals surface area contributed by atoms with Crippen molar-refractivity contribution in [2.24, 2.45) is 0 Å². The van der Waals surface area contributed by atoms with Gasteiger partial charge in [-0.1, -0.05) is 36.9 Å². The second-order valence-electron chi connectivity index (χ2n) is 4.49. The molecule has 0 saturated carbocycles. The van der Waals surface area contributed by atoms with Gasteiger partial charge in [0.05, 0.1) is 18.2 Å². The van der Waals surface area contributed by atoms with Crippen LogP contribution in [-0.4, -0.2) is 33.3 Å². The molecule has 0 saturated heterocycles. The quantitative estimate of drug-likeness (QED) is 0.592. The van der Waals surface area contributed by atoms with Gasteiger partial charge in [-0.3, -0.25) is 0 Å². The second-order valence-corrected chi connectivity index (χ2v) is 5.43. The maximum atomic E-state index is 9.08. The number of hydrogen-bond donors (Lipinski definition) is 1. The van der Waals surface area contributed by atoms with Crippen LogP contribution >= 0.6 is 11.8 Å². The molecular formula is C14H18N6S. The van der Waals surface area contributed by atoms with Gasteiger partial charge in [-0.15, -0.1) is 5.10 Å². The molecule has 0 atom stereocenters. The molecular weight excluding hydrogens is 284 g/mol. The Morgan fingerprint density at radius 3 is 3.00 bits per heavy atom. The van der Waals surface area contributed by atoms with Gasteiger partial charge in [0.2, 0.25) is 5.16 Å². The van der Waals surface area contributed by atoms with Crippen molar-refractivity contribution in [1.29, 1.82) is 5.26 Å². The van der Waals surface area contributed by atoms with Crippen LogP contribution in [0, 0.1) is 11.3 Å². The smallest absolute Gasteiger partial charge is 0.209 e. The molecule has 0 unspecified atom stereocenters. The molecule has 0 fully saturated rings. The molecule has 0 spiro atoms. The first kappa shape index (κ1) is 15.5. The van der Waals surface area contributed by atoms with Crippen LogP contribution in [0.5, 0.6) is 0 Å².